The van der Waals surface area contributed by atoms with Crippen LogP contribution in [-0.2, 0) is 19.1 Å². The first-order chi connectivity index (χ1) is 8.31. The van der Waals surface area contributed by atoms with Gasteiger partial charge in [-0.3, -0.25) is 9.59 Å². The van der Waals surface area contributed by atoms with Gasteiger partial charge in [0.15, 0.2) is 5.92 Å². The molecule has 0 aliphatic rings. The van der Waals surface area contributed by atoms with E-state index in [0.29, 0.717) is 11.8 Å². The summed E-state index contributed by atoms with van der Waals surface area (Å²) >= 11 is 0. The summed E-state index contributed by atoms with van der Waals surface area (Å²) in [7, 11) is 2.58. The lowest BCUT2D eigenvalue weighted by Crippen LogP contribution is -2.26. The van der Waals surface area contributed by atoms with Crippen LogP contribution in [0.4, 0.5) is 0 Å². The maximum atomic E-state index is 11.4. The number of unbranched alkanes of at least 4 members (excludes halogenated alkanes) is 2. The first-order valence-electron chi connectivity index (χ1n) is 6.47. The molecule has 4 nitrogen and oxygen atoms in total. The Balaban J connectivity index is 3.98. The van der Waals surface area contributed by atoms with Gasteiger partial charge in [0, 0.05) is 0 Å². The minimum atomic E-state index is -0.769. The maximum absolute atomic E-state index is 11.4. The number of carbonyl (C=O) groups is 2. The van der Waals surface area contributed by atoms with Gasteiger partial charge >= 0.3 is 11.9 Å². The lowest BCUT2D eigenvalue weighted by atomic mass is 9.89. The average molecular weight is 258 g/mol. The van der Waals surface area contributed by atoms with Crippen LogP contribution in [-0.4, -0.2) is 26.2 Å². The predicted molar refractivity (Wildman–Crippen MR) is 70.1 cm³/mol. The molecule has 0 fully saturated rings. The van der Waals surface area contributed by atoms with E-state index in [1.807, 2.05) is 0 Å². The largest absolute Gasteiger partial charge is 0.468 e. The molecule has 18 heavy (non-hydrogen) atoms. The fraction of sp³-hybridized carbons (Fsp3) is 0.857. The van der Waals surface area contributed by atoms with Gasteiger partial charge in [0.25, 0.3) is 0 Å². The molecule has 0 saturated carbocycles. The molecule has 0 atom stereocenters. The topological polar surface area (TPSA) is 52.6 Å². The highest BCUT2D eigenvalue weighted by Crippen LogP contribution is 2.23. The maximum Gasteiger partial charge on any atom is 0.320 e. The SMILES string of the molecule is COC(=O)C(CCCCCC(C)(C)C)C(=O)OC. The minimum absolute atomic E-state index is 0.337. The van der Waals surface area contributed by atoms with E-state index in [4.69, 9.17) is 0 Å². The van der Waals surface area contributed by atoms with Crippen molar-refractivity contribution in [3.63, 3.8) is 0 Å². The molecule has 0 aromatic rings. The van der Waals surface area contributed by atoms with Crippen molar-refractivity contribution in [3.05, 3.63) is 0 Å². The number of hydrogen-bond donors (Lipinski definition) is 0. The van der Waals surface area contributed by atoms with Crippen molar-refractivity contribution in [3.8, 4) is 0 Å². The monoisotopic (exact) mass is 258 g/mol. The third kappa shape index (κ3) is 7.30. The first kappa shape index (κ1) is 16.9. The molecule has 0 aromatic heterocycles. The van der Waals surface area contributed by atoms with Crippen LogP contribution < -0.4 is 0 Å². The molecule has 0 heterocycles. The molecule has 0 spiro atoms. The van der Waals surface area contributed by atoms with E-state index >= 15 is 0 Å². The number of ether oxygens (including phenoxy) is 2. The molecule has 0 aliphatic carbocycles. The zero-order valence-corrected chi connectivity index (χ0v) is 12.2. The van der Waals surface area contributed by atoms with Crippen molar-refractivity contribution in [2.45, 2.75) is 52.9 Å². The Labute approximate surface area is 110 Å². The molecule has 0 unspecified atom stereocenters. The van der Waals surface area contributed by atoms with E-state index in [0.717, 1.165) is 25.7 Å². The molecule has 0 N–H and O–H groups in total. The van der Waals surface area contributed by atoms with Crippen molar-refractivity contribution in [2.24, 2.45) is 11.3 Å². The molecular formula is C14H26O4. The number of methoxy groups -OCH3 is 2. The fourth-order valence-corrected chi connectivity index (χ4v) is 1.80. The quantitative estimate of drug-likeness (QED) is 0.400. The smallest absolute Gasteiger partial charge is 0.320 e. The van der Waals surface area contributed by atoms with Crippen molar-refractivity contribution in [2.75, 3.05) is 14.2 Å². The second-order valence-electron chi connectivity index (χ2n) is 5.76. The predicted octanol–water partition coefficient (Wildman–Crippen LogP) is 2.95. The molecule has 0 aromatic carbocycles. The lowest BCUT2D eigenvalue weighted by molar-refractivity contribution is -0.159. The first-order valence-corrected chi connectivity index (χ1v) is 6.47. The van der Waals surface area contributed by atoms with Gasteiger partial charge in [-0.05, 0) is 18.3 Å². The van der Waals surface area contributed by atoms with Crippen molar-refractivity contribution >= 4 is 11.9 Å². The van der Waals surface area contributed by atoms with Gasteiger partial charge in [0.1, 0.15) is 0 Å². The lowest BCUT2D eigenvalue weighted by Gasteiger charge is -2.18. The third-order valence-electron chi connectivity index (χ3n) is 2.89. The van der Waals surface area contributed by atoms with Crippen LogP contribution in [0.1, 0.15) is 52.9 Å². The Morgan fingerprint density at radius 2 is 1.44 bits per heavy atom. The standard InChI is InChI=1S/C14H26O4/c1-14(2,3)10-8-6-7-9-11(12(15)17-4)13(16)18-5/h11H,6-10H2,1-5H3. The van der Waals surface area contributed by atoms with Crippen LogP contribution in [0.2, 0.25) is 0 Å². The second kappa shape index (κ2) is 8.11. The van der Waals surface area contributed by atoms with E-state index in [1.54, 1.807) is 0 Å². The Hall–Kier alpha value is -1.06. The second-order valence-corrected chi connectivity index (χ2v) is 5.76. The molecule has 0 saturated heterocycles. The summed E-state index contributed by atoms with van der Waals surface area (Å²) in [5.41, 5.74) is 0.337. The normalized spacial score (nSPS) is 11.4. The molecule has 0 rings (SSSR count). The van der Waals surface area contributed by atoms with Gasteiger partial charge in [-0.1, -0.05) is 40.0 Å². The van der Waals surface area contributed by atoms with Crippen LogP contribution in [0, 0.1) is 11.3 Å². The Morgan fingerprint density at radius 1 is 0.944 bits per heavy atom. The van der Waals surface area contributed by atoms with Gasteiger partial charge < -0.3 is 9.47 Å². The molecule has 0 bridgehead atoms. The summed E-state index contributed by atoms with van der Waals surface area (Å²) in [4.78, 5) is 22.8. The zero-order valence-electron chi connectivity index (χ0n) is 12.2. The van der Waals surface area contributed by atoms with Crippen molar-refractivity contribution in [1.82, 2.24) is 0 Å². The van der Waals surface area contributed by atoms with Crippen molar-refractivity contribution in [1.29, 1.82) is 0 Å². The van der Waals surface area contributed by atoms with Crippen LogP contribution in [0.3, 0.4) is 0 Å². The minimum Gasteiger partial charge on any atom is -0.468 e. The van der Waals surface area contributed by atoms with Crippen LogP contribution in [0.5, 0.6) is 0 Å². The molecule has 0 amide bonds. The van der Waals surface area contributed by atoms with E-state index in [9.17, 15) is 9.59 Å². The summed E-state index contributed by atoms with van der Waals surface area (Å²) in [5, 5.41) is 0. The zero-order chi connectivity index (χ0) is 14.2. The number of hydrogen-bond acceptors (Lipinski definition) is 4. The molecule has 106 valence electrons. The van der Waals surface area contributed by atoms with Gasteiger partial charge in [-0.25, -0.2) is 0 Å². The van der Waals surface area contributed by atoms with E-state index in [1.165, 1.54) is 14.2 Å². The Bertz CT molecular complexity index is 249. The molecular weight excluding hydrogens is 232 g/mol. The number of esters is 2. The highest BCUT2D eigenvalue weighted by molar-refractivity contribution is 5.94. The molecule has 0 radical (unpaired) electrons. The van der Waals surface area contributed by atoms with Crippen LogP contribution in [0.15, 0.2) is 0 Å². The summed E-state index contributed by atoms with van der Waals surface area (Å²) in [5.74, 6) is -1.77. The van der Waals surface area contributed by atoms with E-state index in [-0.39, 0.29) is 0 Å². The Morgan fingerprint density at radius 3 is 1.83 bits per heavy atom. The highest BCUT2D eigenvalue weighted by Gasteiger charge is 2.27. The third-order valence-corrected chi connectivity index (χ3v) is 2.89. The van der Waals surface area contributed by atoms with E-state index < -0.39 is 17.9 Å². The van der Waals surface area contributed by atoms with Gasteiger partial charge in [0.2, 0.25) is 0 Å². The molecule has 4 heteroatoms. The van der Waals surface area contributed by atoms with Crippen LogP contribution >= 0.6 is 0 Å². The summed E-state index contributed by atoms with van der Waals surface area (Å²) in [6, 6.07) is 0. The van der Waals surface area contributed by atoms with Gasteiger partial charge in [-0.15, -0.1) is 0 Å². The summed E-state index contributed by atoms with van der Waals surface area (Å²) < 4.78 is 9.21. The Kier molecular flexibility index (Phi) is 7.64. The van der Waals surface area contributed by atoms with Crippen LogP contribution in [0.25, 0.3) is 0 Å². The number of rotatable bonds is 7. The van der Waals surface area contributed by atoms with Crippen molar-refractivity contribution < 1.29 is 19.1 Å². The van der Waals surface area contributed by atoms with Gasteiger partial charge in [-0.2, -0.15) is 0 Å². The fourth-order valence-electron chi connectivity index (χ4n) is 1.80. The summed E-state index contributed by atoms with van der Waals surface area (Å²) in [6.45, 7) is 6.62. The van der Waals surface area contributed by atoms with Gasteiger partial charge in [0.05, 0.1) is 14.2 Å². The molecule has 0 aliphatic heterocycles. The highest BCUT2D eigenvalue weighted by atomic mass is 16.5. The summed E-state index contributed by atoms with van der Waals surface area (Å²) in [6.07, 6.45) is 4.61. The number of carbonyl (C=O) groups excluding carboxylic acids is 2. The average Bonchev–Trinajstić information content (AvgIpc) is 2.30. The van der Waals surface area contributed by atoms with E-state index in [2.05, 4.69) is 30.2 Å².